The summed E-state index contributed by atoms with van der Waals surface area (Å²) in [5, 5.41) is 6.74. The van der Waals surface area contributed by atoms with Crippen molar-refractivity contribution in [3.63, 3.8) is 0 Å². The first-order chi connectivity index (χ1) is 16.0. The van der Waals surface area contributed by atoms with Gasteiger partial charge in [0.25, 0.3) is 5.91 Å². The smallest absolute Gasteiger partial charge is 0.277 e. The Morgan fingerprint density at radius 1 is 0.848 bits per heavy atom. The van der Waals surface area contributed by atoms with Crippen LogP contribution in [0.4, 0.5) is 5.69 Å². The predicted octanol–water partition coefficient (Wildman–Crippen LogP) is 4.93. The number of halogens is 1. The molecule has 3 aromatic carbocycles. The standard InChI is InChI=1S/C25H24BrN3O4/c1-18(28-29-25(31)17-33-22-11-7-20(26)8-12-22)15-24(30)27-21-9-13-23(14-10-21)32-16-19-5-3-2-4-6-19/h2-14H,15-17H2,1H3,(H,27,30)(H,29,31)/b28-18+. The average molecular weight is 510 g/mol. The van der Waals surface area contributed by atoms with Gasteiger partial charge in [0, 0.05) is 15.9 Å². The van der Waals surface area contributed by atoms with Gasteiger partial charge in [-0.1, -0.05) is 46.3 Å². The van der Waals surface area contributed by atoms with Gasteiger partial charge >= 0.3 is 0 Å². The summed E-state index contributed by atoms with van der Waals surface area (Å²) in [7, 11) is 0. The number of benzene rings is 3. The normalized spacial score (nSPS) is 10.9. The zero-order chi connectivity index (χ0) is 23.5. The van der Waals surface area contributed by atoms with E-state index in [0.29, 0.717) is 29.5 Å². The minimum atomic E-state index is -0.413. The molecule has 3 rings (SSSR count). The highest BCUT2D eigenvalue weighted by molar-refractivity contribution is 9.10. The van der Waals surface area contributed by atoms with E-state index in [2.05, 4.69) is 31.8 Å². The van der Waals surface area contributed by atoms with Gasteiger partial charge in [-0.15, -0.1) is 0 Å². The van der Waals surface area contributed by atoms with Gasteiger partial charge < -0.3 is 14.8 Å². The van der Waals surface area contributed by atoms with E-state index >= 15 is 0 Å². The number of carbonyl (C=O) groups is 2. The molecule has 2 N–H and O–H groups in total. The highest BCUT2D eigenvalue weighted by Gasteiger charge is 2.07. The van der Waals surface area contributed by atoms with Crippen molar-refractivity contribution in [1.82, 2.24) is 5.43 Å². The van der Waals surface area contributed by atoms with Crippen LogP contribution in [0.15, 0.2) is 88.4 Å². The summed E-state index contributed by atoms with van der Waals surface area (Å²) in [4.78, 5) is 24.1. The summed E-state index contributed by atoms with van der Waals surface area (Å²) < 4.78 is 12.0. The molecule has 8 heteroatoms. The third-order valence-corrected chi connectivity index (χ3v) is 4.89. The lowest BCUT2D eigenvalue weighted by Gasteiger charge is -2.09. The summed E-state index contributed by atoms with van der Waals surface area (Å²) in [6.07, 6.45) is 0.0418. The van der Waals surface area contributed by atoms with Crippen molar-refractivity contribution >= 4 is 39.1 Å². The van der Waals surface area contributed by atoms with Crippen molar-refractivity contribution < 1.29 is 19.1 Å². The molecular weight excluding hydrogens is 486 g/mol. The van der Waals surface area contributed by atoms with E-state index in [9.17, 15) is 9.59 Å². The molecule has 3 aromatic rings. The van der Waals surface area contributed by atoms with E-state index < -0.39 is 5.91 Å². The van der Waals surface area contributed by atoms with Crippen molar-refractivity contribution in [1.29, 1.82) is 0 Å². The summed E-state index contributed by atoms with van der Waals surface area (Å²) in [5.74, 6) is 0.630. The van der Waals surface area contributed by atoms with Crippen LogP contribution in [0.5, 0.6) is 11.5 Å². The molecule has 0 aliphatic carbocycles. The molecule has 0 spiro atoms. The van der Waals surface area contributed by atoms with Crippen molar-refractivity contribution in [2.45, 2.75) is 20.0 Å². The maximum atomic E-state index is 12.2. The fourth-order valence-corrected chi connectivity index (χ4v) is 2.99. The monoisotopic (exact) mass is 509 g/mol. The van der Waals surface area contributed by atoms with Crippen molar-refractivity contribution in [3.8, 4) is 11.5 Å². The van der Waals surface area contributed by atoms with Crippen LogP contribution in [-0.2, 0) is 16.2 Å². The summed E-state index contributed by atoms with van der Waals surface area (Å²) >= 11 is 3.33. The van der Waals surface area contributed by atoms with Gasteiger partial charge in [0.1, 0.15) is 18.1 Å². The third-order valence-electron chi connectivity index (χ3n) is 4.36. The first kappa shape index (κ1) is 24.0. The average Bonchev–Trinajstić information content (AvgIpc) is 2.82. The molecule has 0 aliphatic rings. The highest BCUT2D eigenvalue weighted by atomic mass is 79.9. The van der Waals surface area contributed by atoms with Crippen LogP contribution in [-0.4, -0.2) is 24.1 Å². The summed E-state index contributed by atoms with van der Waals surface area (Å²) in [5.41, 5.74) is 4.58. The molecule has 2 amide bonds. The lowest BCUT2D eigenvalue weighted by atomic mass is 10.2. The van der Waals surface area contributed by atoms with Gasteiger partial charge in [-0.3, -0.25) is 9.59 Å². The van der Waals surface area contributed by atoms with E-state index in [1.54, 1.807) is 43.3 Å². The van der Waals surface area contributed by atoms with E-state index in [1.165, 1.54) is 0 Å². The van der Waals surface area contributed by atoms with Gasteiger partial charge in [0.05, 0.1) is 6.42 Å². The van der Waals surface area contributed by atoms with Crippen molar-refractivity contribution in [2.24, 2.45) is 5.10 Å². The van der Waals surface area contributed by atoms with Gasteiger partial charge in [-0.2, -0.15) is 5.10 Å². The number of rotatable bonds is 10. The minimum Gasteiger partial charge on any atom is -0.489 e. The third kappa shape index (κ3) is 8.78. The number of ether oxygens (including phenoxy) is 2. The molecule has 0 radical (unpaired) electrons. The molecule has 0 saturated carbocycles. The van der Waals surface area contributed by atoms with Crippen LogP contribution < -0.4 is 20.2 Å². The van der Waals surface area contributed by atoms with Crippen LogP contribution >= 0.6 is 15.9 Å². The van der Waals surface area contributed by atoms with E-state index in [0.717, 1.165) is 10.0 Å². The molecule has 0 saturated heterocycles. The first-order valence-electron chi connectivity index (χ1n) is 10.2. The molecule has 0 unspecified atom stereocenters. The second kappa shape index (κ2) is 12.4. The Morgan fingerprint density at radius 3 is 2.18 bits per heavy atom. The fourth-order valence-electron chi connectivity index (χ4n) is 2.72. The number of hydrogen-bond donors (Lipinski definition) is 2. The molecule has 0 aromatic heterocycles. The predicted molar refractivity (Wildman–Crippen MR) is 131 cm³/mol. The second-order valence-corrected chi connectivity index (χ2v) is 8.06. The molecule has 0 heterocycles. The topological polar surface area (TPSA) is 89.0 Å². The maximum Gasteiger partial charge on any atom is 0.277 e. The molecule has 170 valence electrons. The van der Waals surface area contributed by atoms with Crippen LogP contribution in [0.3, 0.4) is 0 Å². The van der Waals surface area contributed by atoms with E-state index in [1.807, 2.05) is 42.5 Å². The van der Waals surface area contributed by atoms with Gasteiger partial charge in [-0.05, 0) is 61.0 Å². The molecule has 0 bridgehead atoms. The highest BCUT2D eigenvalue weighted by Crippen LogP contribution is 2.18. The SMILES string of the molecule is C/C(CC(=O)Nc1ccc(OCc2ccccc2)cc1)=N\NC(=O)COc1ccc(Br)cc1. The van der Waals surface area contributed by atoms with E-state index in [4.69, 9.17) is 9.47 Å². The Hall–Kier alpha value is -3.65. The number of hydrazone groups is 1. The lowest BCUT2D eigenvalue weighted by Crippen LogP contribution is -2.26. The zero-order valence-corrected chi connectivity index (χ0v) is 19.7. The van der Waals surface area contributed by atoms with Crippen LogP contribution in [0, 0.1) is 0 Å². The van der Waals surface area contributed by atoms with Crippen LogP contribution in [0.2, 0.25) is 0 Å². The second-order valence-electron chi connectivity index (χ2n) is 7.15. The number of anilines is 1. The van der Waals surface area contributed by atoms with E-state index in [-0.39, 0.29) is 18.9 Å². The van der Waals surface area contributed by atoms with Gasteiger partial charge in [0.2, 0.25) is 5.91 Å². The number of carbonyl (C=O) groups excluding carboxylic acids is 2. The summed E-state index contributed by atoms with van der Waals surface area (Å²) in [6, 6.07) is 24.1. The Labute approximate surface area is 200 Å². The Balaban J connectivity index is 1.38. The van der Waals surface area contributed by atoms with Crippen molar-refractivity contribution in [2.75, 3.05) is 11.9 Å². The van der Waals surface area contributed by atoms with Crippen LogP contribution in [0.25, 0.3) is 0 Å². The maximum absolute atomic E-state index is 12.2. The summed E-state index contributed by atoms with van der Waals surface area (Å²) in [6.45, 7) is 1.96. The molecule has 0 fully saturated rings. The molecular formula is C25H24BrN3O4. The number of amides is 2. The number of nitrogens with zero attached hydrogens (tertiary/aromatic N) is 1. The van der Waals surface area contributed by atoms with Crippen LogP contribution in [0.1, 0.15) is 18.9 Å². The number of hydrogen-bond acceptors (Lipinski definition) is 5. The van der Waals surface area contributed by atoms with Gasteiger partial charge in [-0.25, -0.2) is 5.43 Å². The molecule has 7 nitrogen and oxygen atoms in total. The Bertz CT molecular complexity index is 1080. The number of nitrogens with one attached hydrogen (secondary N) is 2. The fraction of sp³-hybridized carbons (Fsp3) is 0.160. The lowest BCUT2D eigenvalue weighted by molar-refractivity contribution is -0.123. The zero-order valence-electron chi connectivity index (χ0n) is 18.1. The van der Waals surface area contributed by atoms with Crippen molar-refractivity contribution in [3.05, 3.63) is 88.9 Å². The largest absolute Gasteiger partial charge is 0.489 e. The quantitative estimate of drug-likeness (QED) is 0.299. The Kier molecular flexibility index (Phi) is 9.02. The Morgan fingerprint density at radius 2 is 1.48 bits per heavy atom. The molecule has 33 heavy (non-hydrogen) atoms. The molecule has 0 atom stereocenters. The van der Waals surface area contributed by atoms with Gasteiger partial charge in [0.15, 0.2) is 6.61 Å². The minimum absolute atomic E-state index is 0.0418. The first-order valence-corrected chi connectivity index (χ1v) is 11.0. The molecule has 0 aliphatic heterocycles.